The summed E-state index contributed by atoms with van der Waals surface area (Å²) < 4.78 is 6.95. The monoisotopic (exact) mass is 272 g/mol. The number of benzene rings is 1. The van der Waals surface area contributed by atoms with Crippen LogP contribution in [0.25, 0.3) is 5.69 Å². The molecule has 0 saturated heterocycles. The normalized spacial score (nSPS) is 17.6. The smallest absolute Gasteiger partial charge is 0.306 e. The summed E-state index contributed by atoms with van der Waals surface area (Å²) in [4.78, 5) is 11.1. The summed E-state index contributed by atoms with van der Waals surface area (Å²) in [5, 5.41) is 13.7. The van der Waals surface area contributed by atoms with Crippen LogP contribution in [0.3, 0.4) is 0 Å². The number of carboxylic acids is 1. The largest absolute Gasteiger partial charge is 0.497 e. The summed E-state index contributed by atoms with van der Waals surface area (Å²) in [7, 11) is 1.63. The highest BCUT2D eigenvalue weighted by Gasteiger charge is 2.26. The molecule has 1 aromatic carbocycles. The topological polar surface area (TPSA) is 64.4 Å². The van der Waals surface area contributed by atoms with Crippen LogP contribution in [-0.2, 0) is 17.6 Å². The molecule has 0 saturated carbocycles. The Morgan fingerprint density at radius 3 is 2.80 bits per heavy atom. The Bertz CT molecular complexity index is 631. The third-order valence-electron chi connectivity index (χ3n) is 3.76. The van der Waals surface area contributed by atoms with Crippen molar-refractivity contribution in [1.29, 1.82) is 0 Å². The molecular weight excluding hydrogens is 256 g/mol. The van der Waals surface area contributed by atoms with Crippen LogP contribution in [0.1, 0.15) is 17.7 Å². The Labute approximate surface area is 116 Å². The molecule has 5 nitrogen and oxygen atoms in total. The molecule has 3 rings (SSSR count). The van der Waals surface area contributed by atoms with Gasteiger partial charge in [-0.15, -0.1) is 0 Å². The van der Waals surface area contributed by atoms with Crippen LogP contribution in [0.15, 0.2) is 30.5 Å². The van der Waals surface area contributed by atoms with E-state index in [2.05, 4.69) is 5.10 Å². The van der Waals surface area contributed by atoms with E-state index in [1.54, 1.807) is 7.11 Å². The van der Waals surface area contributed by atoms with Crippen molar-refractivity contribution < 1.29 is 14.6 Å². The van der Waals surface area contributed by atoms with Crippen molar-refractivity contribution in [2.24, 2.45) is 5.92 Å². The van der Waals surface area contributed by atoms with E-state index in [0.717, 1.165) is 29.1 Å². The molecule has 0 aliphatic heterocycles. The van der Waals surface area contributed by atoms with Gasteiger partial charge in [0.25, 0.3) is 0 Å². The van der Waals surface area contributed by atoms with E-state index in [1.165, 1.54) is 0 Å². The first-order valence-electron chi connectivity index (χ1n) is 6.62. The average Bonchev–Trinajstić information content (AvgIpc) is 2.90. The SMILES string of the molecule is COc1ccc(-n2cc3c(n2)CC[C@H](C(=O)O)C3)cc1. The van der Waals surface area contributed by atoms with Gasteiger partial charge in [-0.3, -0.25) is 4.79 Å². The fraction of sp³-hybridized carbons (Fsp3) is 0.333. The van der Waals surface area contributed by atoms with Gasteiger partial charge in [0, 0.05) is 6.20 Å². The molecule has 0 radical (unpaired) electrons. The maximum absolute atomic E-state index is 11.1. The molecule has 1 heterocycles. The van der Waals surface area contributed by atoms with Gasteiger partial charge >= 0.3 is 5.97 Å². The zero-order valence-corrected chi connectivity index (χ0v) is 11.2. The van der Waals surface area contributed by atoms with Crippen molar-refractivity contribution in [3.8, 4) is 11.4 Å². The van der Waals surface area contributed by atoms with Gasteiger partial charge in [-0.05, 0) is 49.1 Å². The van der Waals surface area contributed by atoms with Crippen LogP contribution in [0, 0.1) is 5.92 Å². The van der Waals surface area contributed by atoms with E-state index >= 15 is 0 Å². The van der Waals surface area contributed by atoms with Crippen molar-refractivity contribution in [3.63, 3.8) is 0 Å². The quantitative estimate of drug-likeness (QED) is 0.929. The van der Waals surface area contributed by atoms with Crippen LogP contribution < -0.4 is 4.74 Å². The molecule has 0 bridgehead atoms. The molecule has 0 amide bonds. The predicted octanol–water partition coefficient (Wildman–Crippen LogP) is 2.07. The molecule has 1 N–H and O–H groups in total. The molecule has 1 atom stereocenters. The Hall–Kier alpha value is -2.30. The molecule has 104 valence electrons. The van der Waals surface area contributed by atoms with Crippen molar-refractivity contribution in [2.45, 2.75) is 19.3 Å². The first-order valence-corrected chi connectivity index (χ1v) is 6.62. The minimum absolute atomic E-state index is 0.281. The van der Waals surface area contributed by atoms with Crippen LogP contribution >= 0.6 is 0 Å². The molecule has 0 unspecified atom stereocenters. The van der Waals surface area contributed by atoms with Crippen molar-refractivity contribution in [1.82, 2.24) is 9.78 Å². The number of nitrogens with zero attached hydrogens (tertiary/aromatic N) is 2. The van der Waals surface area contributed by atoms with Gasteiger partial charge in [-0.2, -0.15) is 5.10 Å². The van der Waals surface area contributed by atoms with E-state index in [4.69, 9.17) is 9.84 Å². The van der Waals surface area contributed by atoms with E-state index < -0.39 is 5.97 Å². The third kappa shape index (κ3) is 2.27. The zero-order chi connectivity index (χ0) is 14.1. The minimum Gasteiger partial charge on any atom is -0.497 e. The van der Waals surface area contributed by atoms with Gasteiger partial charge in [0.2, 0.25) is 0 Å². The number of hydrogen-bond donors (Lipinski definition) is 1. The number of aromatic nitrogens is 2. The maximum Gasteiger partial charge on any atom is 0.306 e. The second-order valence-corrected chi connectivity index (χ2v) is 5.02. The van der Waals surface area contributed by atoms with Crippen LogP contribution in [0.5, 0.6) is 5.75 Å². The van der Waals surface area contributed by atoms with E-state index in [9.17, 15) is 4.79 Å². The van der Waals surface area contributed by atoms with Gasteiger partial charge in [-0.1, -0.05) is 0 Å². The first kappa shape index (κ1) is 12.7. The number of hydrogen-bond acceptors (Lipinski definition) is 3. The number of methoxy groups -OCH3 is 1. The predicted molar refractivity (Wildman–Crippen MR) is 73.3 cm³/mol. The average molecular weight is 272 g/mol. The Balaban J connectivity index is 1.87. The fourth-order valence-electron chi connectivity index (χ4n) is 2.58. The van der Waals surface area contributed by atoms with Crippen LogP contribution in [0.4, 0.5) is 0 Å². The molecular formula is C15H16N2O3. The molecule has 1 aliphatic carbocycles. The number of rotatable bonds is 3. The third-order valence-corrected chi connectivity index (χ3v) is 3.76. The number of aliphatic carboxylic acids is 1. The molecule has 20 heavy (non-hydrogen) atoms. The molecule has 1 aliphatic rings. The summed E-state index contributed by atoms with van der Waals surface area (Å²) >= 11 is 0. The number of ether oxygens (including phenoxy) is 1. The number of fused-ring (bicyclic) bond motifs is 1. The van der Waals surface area contributed by atoms with Crippen molar-refractivity contribution in [2.75, 3.05) is 7.11 Å². The Morgan fingerprint density at radius 1 is 1.40 bits per heavy atom. The number of aryl methyl sites for hydroxylation is 1. The second-order valence-electron chi connectivity index (χ2n) is 5.02. The molecule has 0 fully saturated rings. The van der Waals surface area contributed by atoms with Gasteiger partial charge in [0.1, 0.15) is 5.75 Å². The van der Waals surface area contributed by atoms with Gasteiger partial charge in [0.15, 0.2) is 0 Å². The van der Waals surface area contributed by atoms with Gasteiger partial charge in [0.05, 0.1) is 24.4 Å². The summed E-state index contributed by atoms with van der Waals surface area (Å²) in [6.07, 6.45) is 3.91. The Morgan fingerprint density at radius 2 is 2.15 bits per heavy atom. The molecule has 5 heteroatoms. The van der Waals surface area contributed by atoms with Crippen molar-refractivity contribution >= 4 is 5.97 Å². The standard InChI is InChI=1S/C15H16N2O3/c1-20-13-5-3-12(4-6-13)17-9-11-8-10(15(18)19)2-7-14(11)16-17/h3-6,9-10H,2,7-8H2,1H3,(H,18,19)/t10-/m0/s1. The van der Waals surface area contributed by atoms with Crippen molar-refractivity contribution in [3.05, 3.63) is 41.7 Å². The highest BCUT2D eigenvalue weighted by Crippen LogP contribution is 2.26. The minimum atomic E-state index is -0.715. The maximum atomic E-state index is 11.1. The lowest BCUT2D eigenvalue weighted by Gasteiger charge is -2.16. The lowest BCUT2D eigenvalue weighted by molar-refractivity contribution is -0.142. The Kier molecular flexibility index (Phi) is 3.18. The van der Waals surface area contributed by atoms with Crippen LogP contribution in [-0.4, -0.2) is 28.0 Å². The fourth-order valence-corrected chi connectivity index (χ4v) is 2.58. The van der Waals surface area contributed by atoms with E-state index in [-0.39, 0.29) is 5.92 Å². The second kappa shape index (κ2) is 5.00. The van der Waals surface area contributed by atoms with Gasteiger partial charge in [-0.25, -0.2) is 4.68 Å². The number of carboxylic acid groups (broad SMARTS) is 1. The highest BCUT2D eigenvalue weighted by molar-refractivity contribution is 5.70. The summed E-state index contributed by atoms with van der Waals surface area (Å²) in [5.41, 5.74) is 3.00. The molecule has 2 aromatic rings. The zero-order valence-electron chi connectivity index (χ0n) is 11.2. The summed E-state index contributed by atoms with van der Waals surface area (Å²) in [5.74, 6) is -0.194. The van der Waals surface area contributed by atoms with Crippen LogP contribution in [0.2, 0.25) is 0 Å². The van der Waals surface area contributed by atoms with E-state index in [1.807, 2.05) is 35.1 Å². The molecule has 0 spiro atoms. The molecule has 1 aromatic heterocycles. The summed E-state index contributed by atoms with van der Waals surface area (Å²) in [6.45, 7) is 0. The first-order chi connectivity index (χ1) is 9.67. The highest BCUT2D eigenvalue weighted by atomic mass is 16.5. The number of carbonyl (C=O) groups is 1. The lowest BCUT2D eigenvalue weighted by Crippen LogP contribution is -2.21. The van der Waals surface area contributed by atoms with Gasteiger partial charge < -0.3 is 9.84 Å². The lowest BCUT2D eigenvalue weighted by atomic mass is 9.88. The van der Waals surface area contributed by atoms with E-state index in [0.29, 0.717) is 12.8 Å². The summed E-state index contributed by atoms with van der Waals surface area (Å²) in [6, 6.07) is 7.64.